The molecule has 168 valence electrons. The lowest BCUT2D eigenvalue weighted by atomic mass is 10.1. The first-order valence-electron chi connectivity index (χ1n) is 11.5. The van der Waals surface area contributed by atoms with E-state index in [0.29, 0.717) is 25.2 Å². The summed E-state index contributed by atoms with van der Waals surface area (Å²) in [6.07, 6.45) is 7.97. The number of likely N-dealkylation sites (tertiary alicyclic amines) is 1. The Morgan fingerprint density at radius 2 is 1.77 bits per heavy atom. The maximum absolute atomic E-state index is 12.0. The zero-order valence-corrected chi connectivity index (χ0v) is 18.8. The molecule has 1 amide bonds. The molecule has 1 saturated heterocycles. The second-order valence-electron chi connectivity index (χ2n) is 8.56. The highest BCUT2D eigenvalue weighted by molar-refractivity contribution is 5.80. The summed E-state index contributed by atoms with van der Waals surface area (Å²) in [5, 5.41) is 18.6. The van der Waals surface area contributed by atoms with Gasteiger partial charge in [-0.05, 0) is 39.0 Å². The Morgan fingerprint density at radius 1 is 1.10 bits per heavy atom. The highest BCUT2D eigenvalue weighted by atomic mass is 16.2. The van der Waals surface area contributed by atoms with Gasteiger partial charge in [-0.3, -0.25) is 9.69 Å². The molecule has 1 aliphatic heterocycles. The first-order valence-corrected chi connectivity index (χ1v) is 11.5. The van der Waals surface area contributed by atoms with E-state index < -0.39 is 0 Å². The minimum atomic E-state index is 0.132. The molecule has 0 atom stereocenters. The molecule has 9 heteroatoms. The van der Waals surface area contributed by atoms with E-state index in [2.05, 4.69) is 38.0 Å². The zero-order valence-electron chi connectivity index (χ0n) is 18.8. The van der Waals surface area contributed by atoms with Crippen LogP contribution in [0.2, 0.25) is 0 Å². The highest BCUT2D eigenvalue weighted by Gasteiger charge is 2.23. The molecule has 1 aromatic heterocycles. The number of piperidine rings is 1. The van der Waals surface area contributed by atoms with Crippen molar-refractivity contribution in [3.05, 3.63) is 11.6 Å². The van der Waals surface area contributed by atoms with Crippen molar-refractivity contribution in [3.63, 3.8) is 0 Å². The number of nitrogens with zero attached hydrogens (tertiary/aromatic N) is 5. The SMILES string of the molecule is CCCNC(=O)CN1CCC(NC(=NCc2nnc(C)n2C)NC2CCCC2)CC1. The zero-order chi connectivity index (χ0) is 21.3. The lowest BCUT2D eigenvalue weighted by Gasteiger charge is -2.33. The lowest BCUT2D eigenvalue weighted by Crippen LogP contribution is -2.51. The number of carbonyl (C=O) groups is 1. The molecule has 0 bridgehead atoms. The Balaban J connectivity index is 1.52. The fourth-order valence-electron chi connectivity index (χ4n) is 4.09. The number of amides is 1. The Kier molecular flexibility index (Phi) is 8.48. The summed E-state index contributed by atoms with van der Waals surface area (Å²) < 4.78 is 1.98. The summed E-state index contributed by atoms with van der Waals surface area (Å²) in [7, 11) is 1.98. The van der Waals surface area contributed by atoms with Crippen molar-refractivity contribution >= 4 is 11.9 Å². The molecule has 3 N–H and O–H groups in total. The third-order valence-corrected chi connectivity index (χ3v) is 6.13. The molecule has 1 aromatic rings. The number of guanidine groups is 1. The van der Waals surface area contributed by atoms with E-state index in [1.54, 1.807) is 0 Å². The lowest BCUT2D eigenvalue weighted by molar-refractivity contribution is -0.122. The average Bonchev–Trinajstić information content (AvgIpc) is 3.36. The summed E-state index contributed by atoms with van der Waals surface area (Å²) in [6.45, 7) is 7.64. The van der Waals surface area contributed by atoms with Gasteiger partial charge in [0.25, 0.3) is 0 Å². The fraction of sp³-hybridized carbons (Fsp3) is 0.810. The van der Waals surface area contributed by atoms with E-state index in [0.717, 1.165) is 56.5 Å². The van der Waals surface area contributed by atoms with Gasteiger partial charge in [0.05, 0.1) is 6.54 Å². The van der Waals surface area contributed by atoms with Crippen molar-refractivity contribution in [3.8, 4) is 0 Å². The normalized spacial score (nSPS) is 19.2. The minimum Gasteiger partial charge on any atom is -0.355 e. The smallest absolute Gasteiger partial charge is 0.234 e. The van der Waals surface area contributed by atoms with Crippen molar-refractivity contribution < 1.29 is 4.79 Å². The van der Waals surface area contributed by atoms with Crippen LogP contribution in [0.5, 0.6) is 0 Å². The Bertz CT molecular complexity index is 702. The van der Waals surface area contributed by atoms with E-state index in [9.17, 15) is 4.79 Å². The molecule has 3 rings (SSSR count). The van der Waals surface area contributed by atoms with Crippen LogP contribution < -0.4 is 16.0 Å². The maximum atomic E-state index is 12.0. The van der Waals surface area contributed by atoms with Crippen LogP contribution in [0.25, 0.3) is 0 Å². The number of aryl methyl sites for hydroxylation is 1. The fourth-order valence-corrected chi connectivity index (χ4v) is 4.09. The van der Waals surface area contributed by atoms with Gasteiger partial charge in [-0.1, -0.05) is 19.8 Å². The van der Waals surface area contributed by atoms with E-state index in [-0.39, 0.29) is 5.91 Å². The predicted octanol–water partition coefficient (Wildman–Crippen LogP) is 1.09. The molecule has 1 aliphatic carbocycles. The largest absolute Gasteiger partial charge is 0.355 e. The minimum absolute atomic E-state index is 0.132. The van der Waals surface area contributed by atoms with Gasteiger partial charge < -0.3 is 20.5 Å². The second kappa shape index (κ2) is 11.3. The molecule has 0 unspecified atom stereocenters. The first kappa shape index (κ1) is 22.5. The number of carbonyl (C=O) groups excluding carboxylic acids is 1. The molecular weight excluding hydrogens is 380 g/mol. The number of hydrogen-bond acceptors (Lipinski definition) is 5. The van der Waals surface area contributed by atoms with Crippen LogP contribution in [0.15, 0.2) is 4.99 Å². The Labute approximate surface area is 180 Å². The number of aliphatic imine (C=N–C) groups is 1. The highest BCUT2D eigenvalue weighted by Crippen LogP contribution is 2.18. The van der Waals surface area contributed by atoms with Gasteiger partial charge >= 0.3 is 0 Å². The van der Waals surface area contributed by atoms with Crippen molar-refractivity contribution in [1.82, 2.24) is 35.6 Å². The summed E-state index contributed by atoms with van der Waals surface area (Å²) >= 11 is 0. The van der Waals surface area contributed by atoms with Crippen LogP contribution in [0.3, 0.4) is 0 Å². The second-order valence-corrected chi connectivity index (χ2v) is 8.56. The van der Waals surface area contributed by atoms with Crippen LogP contribution in [0, 0.1) is 6.92 Å². The Hall–Kier alpha value is -2.16. The molecule has 9 nitrogen and oxygen atoms in total. The van der Waals surface area contributed by atoms with Crippen LogP contribution in [0.4, 0.5) is 0 Å². The molecular formula is C21H38N8O. The third-order valence-electron chi connectivity index (χ3n) is 6.13. The van der Waals surface area contributed by atoms with Gasteiger partial charge in [-0.2, -0.15) is 0 Å². The Morgan fingerprint density at radius 3 is 2.37 bits per heavy atom. The number of aromatic nitrogens is 3. The van der Waals surface area contributed by atoms with Gasteiger partial charge in [0.2, 0.25) is 5.91 Å². The van der Waals surface area contributed by atoms with E-state index in [1.165, 1.54) is 25.7 Å². The quantitative estimate of drug-likeness (QED) is 0.432. The van der Waals surface area contributed by atoms with Gasteiger partial charge in [0.1, 0.15) is 12.4 Å². The molecule has 0 spiro atoms. The third kappa shape index (κ3) is 6.68. The van der Waals surface area contributed by atoms with Crippen LogP contribution >= 0.6 is 0 Å². The summed E-state index contributed by atoms with van der Waals surface area (Å²) in [5.41, 5.74) is 0. The average molecular weight is 419 g/mol. The molecule has 2 heterocycles. The van der Waals surface area contributed by atoms with E-state index >= 15 is 0 Å². The van der Waals surface area contributed by atoms with Gasteiger partial charge in [0.15, 0.2) is 11.8 Å². The van der Waals surface area contributed by atoms with E-state index in [4.69, 9.17) is 4.99 Å². The number of rotatable bonds is 8. The van der Waals surface area contributed by atoms with Gasteiger partial charge in [0, 0.05) is 38.8 Å². The summed E-state index contributed by atoms with van der Waals surface area (Å²) in [6, 6.07) is 0.869. The standard InChI is InChI=1S/C21H38N8O/c1-4-11-22-20(30)15-29-12-9-18(10-13-29)25-21(24-17-7-5-6-8-17)23-14-19-27-26-16(2)28(19)3/h17-18H,4-15H2,1-3H3,(H,22,30)(H2,23,24,25). The first-order chi connectivity index (χ1) is 14.5. The number of nitrogens with one attached hydrogen (secondary N) is 3. The molecule has 2 aliphatic rings. The molecule has 1 saturated carbocycles. The molecule has 30 heavy (non-hydrogen) atoms. The van der Waals surface area contributed by atoms with Gasteiger partial charge in [-0.15, -0.1) is 10.2 Å². The van der Waals surface area contributed by atoms with Crippen molar-refractivity contribution in [2.24, 2.45) is 12.0 Å². The molecule has 0 radical (unpaired) electrons. The van der Waals surface area contributed by atoms with Crippen molar-refractivity contribution in [2.45, 2.75) is 77.4 Å². The van der Waals surface area contributed by atoms with E-state index in [1.807, 2.05) is 18.5 Å². The topological polar surface area (TPSA) is 99.5 Å². The monoisotopic (exact) mass is 418 g/mol. The van der Waals surface area contributed by atoms with Crippen LogP contribution in [-0.2, 0) is 18.4 Å². The van der Waals surface area contributed by atoms with Gasteiger partial charge in [-0.25, -0.2) is 4.99 Å². The van der Waals surface area contributed by atoms with Crippen molar-refractivity contribution in [1.29, 1.82) is 0 Å². The van der Waals surface area contributed by atoms with Crippen molar-refractivity contribution in [2.75, 3.05) is 26.2 Å². The maximum Gasteiger partial charge on any atom is 0.234 e. The summed E-state index contributed by atoms with van der Waals surface area (Å²) in [5.74, 6) is 2.77. The van der Waals surface area contributed by atoms with Crippen LogP contribution in [-0.4, -0.2) is 69.8 Å². The number of hydrogen-bond donors (Lipinski definition) is 3. The predicted molar refractivity (Wildman–Crippen MR) is 118 cm³/mol. The molecule has 0 aromatic carbocycles. The van der Waals surface area contributed by atoms with Crippen LogP contribution in [0.1, 0.15) is 63.5 Å². The molecule has 2 fully saturated rings. The summed E-state index contributed by atoms with van der Waals surface area (Å²) in [4.78, 5) is 19.0.